The lowest BCUT2D eigenvalue weighted by atomic mass is 10.2. The number of nitrogens with zero attached hydrogens (tertiary/aromatic N) is 1. The van der Waals surface area contributed by atoms with Crippen LogP contribution in [0, 0.1) is 0 Å². The SMILES string of the molecule is CN(C)CCNCc1ccc(OCc2cccs2)cc1.Cl. The summed E-state index contributed by atoms with van der Waals surface area (Å²) >= 11 is 1.72. The fourth-order valence-electron chi connectivity index (χ4n) is 1.79. The van der Waals surface area contributed by atoms with E-state index in [1.165, 1.54) is 10.4 Å². The highest BCUT2D eigenvalue weighted by atomic mass is 35.5. The lowest BCUT2D eigenvalue weighted by molar-refractivity contribution is 0.309. The third-order valence-corrected chi connectivity index (χ3v) is 3.80. The normalized spacial score (nSPS) is 10.4. The average Bonchev–Trinajstić information content (AvgIpc) is 2.96. The fourth-order valence-corrected chi connectivity index (χ4v) is 2.40. The number of benzene rings is 1. The zero-order chi connectivity index (χ0) is 14.2. The maximum atomic E-state index is 5.75. The Bertz CT molecular complexity index is 485. The molecule has 21 heavy (non-hydrogen) atoms. The van der Waals surface area contributed by atoms with Gasteiger partial charge in [-0.3, -0.25) is 0 Å². The molecule has 0 bridgehead atoms. The van der Waals surface area contributed by atoms with Gasteiger partial charge in [-0.15, -0.1) is 23.7 Å². The number of nitrogens with one attached hydrogen (secondary N) is 1. The highest BCUT2D eigenvalue weighted by Gasteiger charge is 1.98. The van der Waals surface area contributed by atoms with Gasteiger partial charge in [0.25, 0.3) is 0 Å². The van der Waals surface area contributed by atoms with Crippen LogP contribution in [0.15, 0.2) is 41.8 Å². The number of likely N-dealkylation sites (N-methyl/N-ethyl adjacent to an activating group) is 1. The minimum atomic E-state index is 0. The minimum Gasteiger partial charge on any atom is -0.488 e. The Morgan fingerprint density at radius 1 is 1.14 bits per heavy atom. The molecule has 0 radical (unpaired) electrons. The Labute approximate surface area is 137 Å². The van der Waals surface area contributed by atoms with Crippen molar-refractivity contribution in [2.75, 3.05) is 27.2 Å². The van der Waals surface area contributed by atoms with Crippen molar-refractivity contribution >= 4 is 23.7 Å². The van der Waals surface area contributed by atoms with Gasteiger partial charge < -0.3 is 15.0 Å². The van der Waals surface area contributed by atoms with Crippen LogP contribution in [0.25, 0.3) is 0 Å². The van der Waals surface area contributed by atoms with Gasteiger partial charge in [0.2, 0.25) is 0 Å². The van der Waals surface area contributed by atoms with Crippen LogP contribution >= 0.6 is 23.7 Å². The molecule has 1 heterocycles. The second kappa shape index (κ2) is 9.79. The average molecular weight is 327 g/mol. The summed E-state index contributed by atoms with van der Waals surface area (Å²) in [6, 6.07) is 12.4. The van der Waals surface area contributed by atoms with Crippen LogP contribution in [0.5, 0.6) is 5.75 Å². The molecule has 1 aromatic carbocycles. The van der Waals surface area contributed by atoms with Gasteiger partial charge in [-0.1, -0.05) is 18.2 Å². The van der Waals surface area contributed by atoms with Gasteiger partial charge in [-0.25, -0.2) is 0 Å². The van der Waals surface area contributed by atoms with Crippen LogP contribution in [0.4, 0.5) is 0 Å². The van der Waals surface area contributed by atoms with Crippen LogP contribution in [0.2, 0.25) is 0 Å². The molecule has 1 aromatic heterocycles. The summed E-state index contributed by atoms with van der Waals surface area (Å²) in [6.45, 7) is 3.61. The molecule has 0 unspecified atom stereocenters. The van der Waals surface area contributed by atoms with E-state index in [1.54, 1.807) is 11.3 Å². The molecule has 0 spiro atoms. The summed E-state index contributed by atoms with van der Waals surface area (Å²) in [5, 5.41) is 5.50. The molecule has 0 saturated heterocycles. The van der Waals surface area contributed by atoms with Crippen LogP contribution < -0.4 is 10.1 Å². The number of hydrogen-bond acceptors (Lipinski definition) is 4. The first-order valence-electron chi connectivity index (χ1n) is 6.83. The third-order valence-electron chi connectivity index (χ3n) is 2.95. The van der Waals surface area contributed by atoms with Crippen LogP contribution in [-0.4, -0.2) is 32.1 Å². The van der Waals surface area contributed by atoms with E-state index in [9.17, 15) is 0 Å². The molecule has 0 aliphatic heterocycles. The summed E-state index contributed by atoms with van der Waals surface area (Å²) in [5.41, 5.74) is 1.28. The second-order valence-corrected chi connectivity index (χ2v) is 6.02. The molecule has 0 fully saturated rings. The molecule has 3 nitrogen and oxygen atoms in total. The highest BCUT2D eigenvalue weighted by molar-refractivity contribution is 7.09. The van der Waals surface area contributed by atoms with Crippen LogP contribution in [-0.2, 0) is 13.2 Å². The topological polar surface area (TPSA) is 24.5 Å². The standard InChI is InChI=1S/C16H22N2OS.ClH/c1-18(2)10-9-17-12-14-5-7-15(8-6-14)19-13-16-4-3-11-20-16;/h3-8,11,17H,9-10,12-13H2,1-2H3;1H. The number of hydrogen-bond donors (Lipinski definition) is 1. The van der Waals surface area contributed by atoms with E-state index < -0.39 is 0 Å². The smallest absolute Gasteiger partial charge is 0.122 e. The molecule has 0 aliphatic rings. The van der Waals surface area contributed by atoms with Crippen LogP contribution in [0.1, 0.15) is 10.4 Å². The minimum absolute atomic E-state index is 0. The summed E-state index contributed by atoms with van der Waals surface area (Å²) in [5.74, 6) is 0.926. The second-order valence-electron chi connectivity index (χ2n) is 4.99. The third kappa shape index (κ3) is 6.96. The molecule has 0 atom stereocenters. The number of halogens is 1. The molecular weight excluding hydrogens is 304 g/mol. The number of thiophene rings is 1. The Morgan fingerprint density at radius 2 is 1.90 bits per heavy atom. The monoisotopic (exact) mass is 326 g/mol. The van der Waals surface area contributed by atoms with Gasteiger partial charge in [0.15, 0.2) is 0 Å². The first-order valence-corrected chi connectivity index (χ1v) is 7.71. The van der Waals surface area contributed by atoms with Gasteiger partial charge in [0.1, 0.15) is 12.4 Å². The highest BCUT2D eigenvalue weighted by Crippen LogP contribution is 2.16. The van der Waals surface area contributed by atoms with Gasteiger partial charge in [0.05, 0.1) is 0 Å². The molecule has 0 aliphatic carbocycles. The lowest BCUT2D eigenvalue weighted by Gasteiger charge is -2.10. The quantitative estimate of drug-likeness (QED) is 0.752. The molecule has 0 amide bonds. The summed E-state index contributed by atoms with van der Waals surface area (Å²) in [6.07, 6.45) is 0. The van der Waals surface area contributed by atoms with E-state index in [1.807, 2.05) is 18.2 Å². The largest absolute Gasteiger partial charge is 0.488 e. The lowest BCUT2D eigenvalue weighted by Crippen LogP contribution is -2.26. The molecule has 116 valence electrons. The van der Waals surface area contributed by atoms with Crippen molar-refractivity contribution in [1.29, 1.82) is 0 Å². The maximum absolute atomic E-state index is 5.75. The number of ether oxygens (including phenoxy) is 1. The first-order chi connectivity index (χ1) is 9.74. The van der Waals surface area contributed by atoms with Crippen molar-refractivity contribution in [2.45, 2.75) is 13.2 Å². The zero-order valence-corrected chi connectivity index (χ0v) is 14.2. The van der Waals surface area contributed by atoms with E-state index >= 15 is 0 Å². The molecular formula is C16H23ClN2OS. The summed E-state index contributed by atoms with van der Waals surface area (Å²) in [7, 11) is 4.17. The summed E-state index contributed by atoms with van der Waals surface area (Å²) in [4.78, 5) is 3.42. The van der Waals surface area contributed by atoms with Gasteiger partial charge >= 0.3 is 0 Å². The van der Waals surface area contributed by atoms with Gasteiger partial charge in [-0.2, -0.15) is 0 Å². The number of rotatable bonds is 8. The Morgan fingerprint density at radius 3 is 2.52 bits per heavy atom. The fraction of sp³-hybridized carbons (Fsp3) is 0.375. The van der Waals surface area contributed by atoms with Crippen molar-refractivity contribution in [3.63, 3.8) is 0 Å². The molecule has 1 N–H and O–H groups in total. The van der Waals surface area contributed by atoms with Crippen LogP contribution in [0.3, 0.4) is 0 Å². The van der Waals surface area contributed by atoms with E-state index in [-0.39, 0.29) is 12.4 Å². The molecule has 0 saturated carbocycles. The Kier molecular flexibility index (Phi) is 8.38. The Hall–Kier alpha value is -1.07. The van der Waals surface area contributed by atoms with Crippen molar-refractivity contribution in [3.8, 4) is 5.75 Å². The van der Waals surface area contributed by atoms with E-state index in [4.69, 9.17) is 4.74 Å². The van der Waals surface area contributed by atoms with E-state index in [0.717, 1.165) is 25.4 Å². The van der Waals surface area contributed by atoms with Crippen molar-refractivity contribution < 1.29 is 4.74 Å². The van der Waals surface area contributed by atoms with E-state index in [0.29, 0.717) is 6.61 Å². The van der Waals surface area contributed by atoms with Crippen molar-refractivity contribution in [3.05, 3.63) is 52.2 Å². The van der Waals surface area contributed by atoms with Gasteiger partial charge in [0, 0.05) is 24.5 Å². The maximum Gasteiger partial charge on any atom is 0.122 e. The predicted molar refractivity (Wildman–Crippen MR) is 92.6 cm³/mol. The van der Waals surface area contributed by atoms with Crippen molar-refractivity contribution in [1.82, 2.24) is 10.2 Å². The molecule has 2 aromatic rings. The molecule has 5 heteroatoms. The Balaban J connectivity index is 0.00000220. The predicted octanol–water partition coefficient (Wildman–Crippen LogP) is 3.40. The zero-order valence-electron chi connectivity index (χ0n) is 12.5. The summed E-state index contributed by atoms with van der Waals surface area (Å²) < 4.78 is 5.75. The van der Waals surface area contributed by atoms with Gasteiger partial charge in [-0.05, 0) is 43.2 Å². The first kappa shape index (κ1) is 18.0. The van der Waals surface area contributed by atoms with Crippen molar-refractivity contribution in [2.24, 2.45) is 0 Å². The molecule has 2 rings (SSSR count). The van der Waals surface area contributed by atoms with E-state index in [2.05, 4.69) is 47.9 Å².